The Morgan fingerprint density at radius 3 is 2.50 bits per heavy atom. The fourth-order valence-electron chi connectivity index (χ4n) is 2.94. The van der Waals surface area contributed by atoms with Gasteiger partial charge in [-0.15, -0.1) is 0 Å². The monoisotopic (exact) mass is 445 g/mol. The molecule has 2 aromatic carbocycles. The zero-order valence-corrected chi connectivity index (χ0v) is 19.0. The summed E-state index contributed by atoms with van der Waals surface area (Å²) in [7, 11) is 1.72. The molecule has 0 amide bonds. The van der Waals surface area contributed by atoms with Crippen molar-refractivity contribution < 1.29 is 13.7 Å². The molecule has 2 aromatic rings. The quantitative estimate of drug-likeness (QED) is 0.543. The summed E-state index contributed by atoms with van der Waals surface area (Å²) in [6.07, 6.45) is 3.56. The number of benzene rings is 2. The van der Waals surface area contributed by atoms with Crippen molar-refractivity contribution in [1.82, 2.24) is 0 Å². The molecule has 0 saturated carbocycles. The molecule has 1 aliphatic rings. The second-order valence-electron chi connectivity index (χ2n) is 6.49. The van der Waals surface area contributed by atoms with Gasteiger partial charge in [-0.2, -0.15) is 5.10 Å². The molecule has 0 bridgehead atoms. The number of anilines is 1. The van der Waals surface area contributed by atoms with Crippen LogP contribution in [-0.4, -0.2) is 29.8 Å². The molecular formula is C22H24ClN3O3S. The zero-order chi connectivity index (χ0) is 21.7. The van der Waals surface area contributed by atoms with Crippen LogP contribution in [0.1, 0.15) is 32.3 Å². The molecule has 0 N–H and O–H groups in total. The van der Waals surface area contributed by atoms with Crippen molar-refractivity contribution in [2.75, 3.05) is 19.2 Å². The maximum Gasteiger partial charge on any atom is 0.167 e. The van der Waals surface area contributed by atoms with Gasteiger partial charge in [-0.1, -0.05) is 43.1 Å². The molecule has 0 saturated heterocycles. The summed E-state index contributed by atoms with van der Waals surface area (Å²) in [5.41, 5.74) is 1.34. The molecule has 0 aromatic heterocycles. The van der Waals surface area contributed by atoms with Gasteiger partial charge < -0.3 is 9.47 Å². The van der Waals surface area contributed by atoms with E-state index in [0.717, 1.165) is 12.8 Å². The van der Waals surface area contributed by atoms with Crippen LogP contribution < -0.4 is 14.5 Å². The standard InChI is InChI=1S/C22H24ClN3O3S/c1-5-6-12-24-26-18-14-20(29-4)19(28-3)13-17(18)21(23)25-22(26)15(2)30(27)16-10-8-7-9-11-16/h7-14H,5-6H2,1-4H3/b22-15+,24-12+. The summed E-state index contributed by atoms with van der Waals surface area (Å²) < 4.78 is 24.0. The number of hydrogen-bond donors (Lipinski definition) is 0. The minimum absolute atomic E-state index is 0.271. The number of unbranched alkanes of at least 4 members (excludes halogenated alkanes) is 1. The Kier molecular flexibility index (Phi) is 7.29. The van der Waals surface area contributed by atoms with Gasteiger partial charge in [-0.05, 0) is 31.5 Å². The van der Waals surface area contributed by atoms with Crippen LogP contribution in [0.2, 0.25) is 0 Å². The number of ether oxygens (including phenoxy) is 2. The van der Waals surface area contributed by atoms with Crippen LogP contribution in [0.25, 0.3) is 0 Å². The molecular weight excluding hydrogens is 422 g/mol. The third kappa shape index (κ3) is 4.42. The van der Waals surface area contributed by atoms with Gasteiger partial charge in [0.1, 0.15) is 5.17 Å². The molecule has 0 fully saturated rings. The normalized spacial score (nSPS) is 16.2. The molecule has 0 radical (unpaired) electrons. The molecule has 3 rings (SSSR count). The van der Waals surface area contributed by atoms with E-state index in [1.54, 1.807) is 38.3 Å². The molecule has 1 atom stereocenters. The largest absolute Gasteiger partial charge is 0.493 e. The Morgan fingerprint density at radius 2 is 1.87 bits per heavy atom. The van der Waals surface area contributed by atoms with Gasteiger partial charge >= 0.3 is 0 Å². The van der Waals surface area contributed by atoms with E-state index in [9.17, 15) is 4.21 Å². The van der Waals surface area contributed by atoms with Crippen LogP contribution in [0.4, 0.5) is 5.69 Å². The van der Waals surface area contributed by atoms with E-state index in [4.69, 9.17) is 21.1 Å². The maximum absolute atomic E-state index is 13.2. The fourth-order valence-corrected chi connectivity index (χ4v) is 4.23. The van der Waals surface area contributed by atoms with E-state index in [1.165, 1.54) is 0 Å². The predicted molar refractivity (Wildman–Crippen MR) is 123 cm³/mol. The second kappa shape index (κ2) is 9.91. The number of halogens is 1. The highest BCUT2D eigenvalue weighted by atomic mass is 35.5. The number of hydrogen-bond acceptors (Lipinski definition) is 6. The Morgan fingerprint density at radius 1 is 1.20 bits per heavy atom. The van der Waals surface area contributed by atoms with Gasteiger partial charge in [0.05, 0.1) is 35.6 Å². The smallest absolute Gasteiger partial charge is 0.167 e. The Balaban J connectivity index is 2.19. The van der Waals surface area contributed by atoms with Crippen LogP contribution in [0.5, 0.6) is 11.5 Å². The van der Waals surface area contributed by atoms with Crippen molar-refractivity contribution >= 4 is 39.5 Å². The first-order valence-corrected chi connectivity index (χ1v) is 11.0. The van der Waals surface area contributed by atoms with E-state index < -0.39 is 10.8 Å². The lowest BCUT2D eigenvalue weighted by Gasteiger charge is -2.28. The average Bonchev–Trinajstić information content (AvgIpc) is 2.79. The molecule has 1 unspecified atom stereocenters. The summed E-state index contributed by atoms with van der Waals surface area (Å²) in [6.45, 7) is 3.85. The van der Waals surface area contributed by atoms with Crippen LogP contribution in [-0.2, 0) is 10.8 Å². The number of allylic oxidation sites excluding steroid dienone is 1. The van der Waals surface area contributed by atoms with Crippen molar-refractivity contribution in [1.29, 1.82) is 0 Å². The highest BCUT2D eigenvalue weighted by molar-refractivity contribution is 7.89. The summed E-state index contributed by atoms with van der Waals surface area (Å²) in [4.78, 5) is 5.78. The van der Waals surface area contributed by atoms with Crippen LogP contribution >= 0.6 is 11.6 Å². The minimum Gasteiger partial charge on any atom is -0.493 e. The van der Waals surface area contributed by atoms with Gasteiger partial charge in [0.2, 0.25) is 0 Å². The summed E-state index contributed by atoms with van der Waals surface area (Å²) >= 11 is 6.53. The van der Waals surface area contributed by atoms with Crippen molar-refractivity contribution in [2.24, 2.45) is 10.1 Å². The highest BCUT2D eigenvalue weighted by Gasteiger charge is 2.28. The van der Waals surface area contributed by atoms with Gasteiger partial charge in [0, 0.05) is 22.7 Å². The van der Waals surface area contributed by atoms with E-state index >= 15 is 0 Å². The molecule has 0 spiro atoms. The summed E-state index contributed by atoms with van der Waals surface area (Å²) in [5.74, 6) is 1.51. The molecule has 8 heteroatoms. The van der Waals surface area contributed by atoms with Crippen LogP contribution in [0, 0.1) is 0 Å². The topological polar surface area (TPSA) is 63.5 Å². The second-order valence-corrected chi connectivity index (χ2v) is 8.47. The average molecular weight is 446 g/mol. The van der Waals surface area contributed by atoms with Gasteiger partial charge in [0.15, 0.2) is 17.3 Å². The van der Waals surface area contributed by atoms with E-state index in [1.807, 2.05) is 36.5 Å². The number of nitrogens with zero attached hydrogens (tertiary/aromatic N) is 3. The number of fused-ring (bicyclic) bond motifs is 1. The minimum atomic E-state index is -1.42. The van der Waals surface area contributed by atoms with Crippen LogP contribution in [0.15, 0.2) is 68.2 Å². The number of aliphatic imine (C=N–C) groups is 1. The van der Waals surface area contributed by atoms with E-state index in [0.29, 0.717) is 38.4 Å². The van der Waals surface area contributed by atoms with E-state index in [-0.39, 0.29) is 5.17 Å². The Bertz CT molecular complexity index is 1040. The molecule has 158 valence electrons. The predicted octanol–water partition coefficient (Wildman–Crippen LogP) is 5.29. The van der Waals surface area contributed by atoms with Gasteiger partial charge in [-0.3, -0.25) is 0 Å². The molecule has 0 aliphatic carbocycles. The third-order valence-corrected chi connectivity index (χ3v) is 6.25. The first-order valence-electron chi connectivity index (χ1n) is 9.52. The molecule has 1 heterocycles. The van der Waals surface area contributed by atoms with Crippen molar-refractivity contribution in [3.05, 3.63) is 58.8 Å². The van der Waals surface area contributed by atoms with Gasteiger partial charge in [-0.25, -0.2) is 14.2 Å². The molecule has 6 nitrogen and oxygen atoms in total. The van der Waals surface area contributed by atoms with Crippen molar-refractivity contribution in [2.45, 2.75) is 31.6 Å². The fraction of sp³-hybridized carbons (Fsp3) is 0.273. The maximum atomic E-state index is 13.2. The number of hydrazone groups is 1. The van der Waals surface area contributed by atoms with Crippen LogP contribution in [0.3, 0.4) is 0 Å². The third-order valence-electron chi connectivity index (χ3n) is 4.52. The Hall–Kier alpha value is -2.64. The lowest BCUT2D eigenvalue weighted by Crippen LogP contribution is -2.24. The summed E-state index contributed by atoms with van der Waals surface area (Å²) in [5, 5.41) is 6.54. The first kappa shape index (κ1) is 22.1. The van der Waals surface area contributed by atoms with Crippen molar-refractivity contribution in [3.8, 4) is 11.5 Å². The Labute approximate surface area is 184 Å². The lowest BCUT2D eigenvalue weighted by molar-refractivity contribution is 0.355. The molecule has 30 heavy (non-hydrogen) atoms. The van der Waals surface area contributed by atoms with Crippen molar-refractivity contribution in [3.63, 3.8) is 0 Å². The van der Waals surface area contributed by atoms with E-state index in [2.05, 4.69) is 17.0 Å². The number of rotatable bonds is 7. The molecule has 1 aliphatic heterocycles. The number of methoxy groups -OCH3 is 2. The SMILES string of the molecule is CCC/C=N/N1/C(=C(\C)S(=O)c2ccccc2)N=C(Cl)c2cc(OC)c(OC)cc21. The van der Waals surface area contributed by atoms with Gasteiger partial charge in [0.25, 0.3) is 0 Å². The highest BCUT2D eigenvalue weighted by Crippen LogP contribution is 2.41. The lowest BCUT2D eigenvalue weighted by atomic mass is 10.1. The first-order chi connectivity index (χ1) is 14.5. The summed E-state index contributed by atoms with van der Waals surface area (Å²) in [6, 6.07) is 12.8. The zero-order valence-electron chi connectivity index (χ0n) is 17.4.